The maximum absolute atomic E-state index is 14.3. The van der Waals surface area contributed by atoms with Crippen molar-refractivity contribution in [2.45, 2.75) is 78.0 Å². The number of aryl methyl sites for hydroxylation is 2. The quantitative estimate of drug-likeness (QED) is 0.425. The molecular weight excluding hydrogens is 606 g/mol. The van der Waals surface area contributed by atoms with Crippen molar-refractivity contribution in [2.75, 3.05) is 31.0 Å². The molecule has 3 atom stereocenters. The largest absolute Gasteiger partial charge is 0.475 e. The van der Waals surface area contributed by atoms with Crippen LogP contribution in [0.1, 0.15) is 62.5 Å². The summed E-state index contributed by atoms with van der Waals surface area (Å²) in [6.45, 7) is 14.6. The highest BCUT2D eigenvalue weighted by Crippen LogP contribution is 2.31. The molecule has 0 radical (unpaired) electrons. The summed E-state index contributed by atoms with van der Waals surface area (Å²) in [4.78, 5) is 40.2. The Morgan fingerprint density at radius 2 is 1.65 bits per heavy atom. The van der Waals surface area contributed by atoms with Crippen molar-refractivity contribution in [3.63, 3.8) is 0 Å². The maximum Gasteiger partial charge on any atom is 0.264 e. The zero-order chi connectivity index (χ0) is 33.4. The third-order valence-corrected chi connectivity index (χ3v) is 9.43. The number of sulfonamides is 1. The van der Waals surface area contributed by atoms with Crippen LogP contribution in [0.3, 0.4) is 0 Å². The minimum atomic E-state index is -4.20. The summed E-state index contributed by atoms with van der Waals surface area (Å²) in [7, 11) is -4.20. The van der Waals surface area contributed by atoms with Crippen LogP contribution >= 0.6 is 0 Å². The second-order valence-electron chi connectivity index (χ2n) is 13.5. The molecule has 0 saturated carbocycles. The van der Waals surface area contributed by atoms with Crippen LogP contribution in [0.15, 0.2) is 53.4 Å². The highest BCUT2D eigenvalue weighted by Gasteiger charge is 2.35. The molecular formula is C34H43N5O6S. The van der Waals surface area contributed by atoms with Gasteiger partial charge in [-0.3, -0.25) is 9.59 Å². The third kappa shape index (κ3) is 7.67. The second-order valence-corrected chi connectivity index (χ2v) is 15.2. The summed E-state index contributed by atoms with van der Waals surface area (Å²) in [6, 6.07) is 12.8. The van der Waals surface area contributed by atoms with E-state index in [-0.39, 0.29) is 59.0 Å². The Labute approximate surface area is 271 Å². The topological polar surface area (TPSA) is 131 Å². The van der Waals surface area contributed by atoms with E-state index >= 15 is 0 Å². The van der Waals surface area contributed by atoms with Crippen molar-refractivity contribution in [1.82, 2.24) is 19.8 Å². The van der Waals surface area contributed by atoms with E-state index in [4.69, 9.17) is 9.47 Å². The lowest BCUT2D eigenvalue weighted by Crippen LogP contribution is -2.54. The van der Waals surface area contributed by atoms with Gasteiger partial charge < -0.3 is 19.3 Å². The molecule has 1 saturated heterocycles. The van der Waals surface area contributed by atoms with Gasteiger partial charge in [0.2, 0.25) is 17.7 Å². The molecule has 3 aromatic rings. The lowest BCUT2D eigenvalue weighted by Gasteiger charge is -2.39. The summed E-state index contributed by atoms with van der Waals surface area (Å²) in [6.07, 6.45) is 0.221. The molecule has 2 aliphatic rings. The molecule has 46 heavy (non-hydrogen) atoms. The lowest BCUT2D eigenvalue weighted by atomic mass is 9.87. The van der Waals surface area contributed by atoms with E-state index in [0.29, 0.717) is 25.2 Å². The first-order chi connectivity index (χ1) is 21.6. The van der Waals surface area contributed by atoms with Gasteiger partial charge in [0, 0.05) is 30.3 Å². The van der Waals surface area contributed by atoms with Gasteiger partial charge in [-0.05, 0) is 68.9 Å². The molecule has 4 bridgehead atoms. The van der Waals surface area contributed by atoms with Crippen molar-refractivity contribution in [1.29, 1.82) is 0 Å². The average molecular weight is 650 g/mol. The number of morpholine rings is 1. The van der Waals surface area contributed by atoms with Gasteiger partial charge >= 0.3 is 0 Å². The smallest absolute Gasteiger partial charge is 0.264 e. The number of nitrogens with zero attached hydrogens (tertiary/aromatic N) is 4. The second kappa shape index (κ2) is 13.0. The molecule has 11 nitrogen and oxygen atoms in total. The van der Waals surface area contributed by atoms with Crippen LogP contribution < -0.4 is 9.46 Å². The summed E-state index contributed by atoms with van der Waals surface area (Å²) >= 11 is 0. The number of benzene rings is 2. The van der Waals surface area contributed by atoms with Gasteiger partial charge in [0.15, 0.2) is 0 Å². The number of rotatable bonds is 4. The molecule has 12 heteroatoms. The van der Waals surface area contributed by atoms with Crippen LogP contribution in [0.2, 0.25) is 0 Å². The van der Waals surface area contributed by atoms with Crippen molar-refractivity contribution < 1.29 is 27.5 Å². The Hall–Kier alpha value is -4.03. The summed E-state index contributed by atoms with van der Waals surface area (Å²) in [5.74, 6) is -0.692. The SMILES string of the molecule is Cc1cccc(C)c1-c1cc2nc(n1)NS(=O)(=O)c1cccc(c1)C(=O)N(CC(=O)N1C[C@@H](C)O[C@@H](C)C1)[C@H](CC(C)(C)C)CO2. The normalized spacial score (nSPS) is 21.7. The van der Waals surface area contributed by atoms with E-state index in [0.717, 1.165) is 16.7 Å². The number of anilines is 1. The first-order valence-electron chi connectivity index (χ1n) is 15.6. The number of hydrogen-bond donors (Lipinski definition) is 1. The minimum absolute atomic E-state index is 0.0152. The zero-order valence-corrected chi connectivity index (χ0v) is 28.3. The van der Waals surface area contributed by atoms with Crippen LogP contribution in [-0.2, 0) is 19.6 Å². The van der Waals surface area contributed by atoms with Gasteiger partial charge in [0.25, 0.3) is 15.9 Å². The molecule has 5 rings (SSSR count). The first kappa shape index (κ1) is 33.3. The highest BCUT2D eigenvalue weighted by molar-refractivity contribution is 7.92. The number of hydrogen-bond acceptors (Lipinski definition) is 8. The first-order valence-corrected chi connectivity index (χ1v) is 17.0. The summed E-state index contributed by atoms with van der Waals surface area (Å²) in [5.41, 5.74) is 3.13. The van der Waals surface area contributed by atoms with Crippen molar-refractivity contribution in [3.05, 3.63) is 65.2 Å². The fourth-order valence-corrected chi connectivity index (χ4v) is 7.16. The number of carbonyl (C=O) groups is 2. The fourth-order valence-electron chi connectivity index (χ4n) is 6.17. The minimum Gasteiger partial charge on any atom is -0.475 e. The van der Waals surface area contributed by atoms with E-state index in [1.165, 1.54) is 23.1 Å². The Morgan fingerprint density at radius 3 is 2.30 bits per heavy atom. The fraction of sp³-hybridized carbons (Fsp3) is 0.471. The van der Waals surface area contributed by atoms with Crippen LogP contribution in [-0.4, -0.2) is 84.5 Å². The van der Waals surface area contributed by atoms with E-state index in [1.807, 2.05) is 45.9 Å². The Kier molecular flexibility index (Phi) is 9.42. The summed E-state index contributed by atoms with van der Waals surface area (Å²) in [5, 5.41) is 0. The van der Waals surface area contributed by atoms with E-state index in [1.54, 1.807) is 17.0 Å². The third-order valence-electron chi connectivity index (χ3n) is 8.11. The van der Waals surface area contributed by atoms with Crippen molar-refractivity contribution in [2.24, 2.45) is 5.41 Å². The molecule has 2 aromatic carbocycles. The van der Waals surface area contributed by atoms with Gasteiger partial charge in [0.05, 0.1) is 28.8 Å². The molecule has 1 N–H and O–H groups in total. The predicted molar refractivity (Wildman–Crippen MR) is 175 cm³/mol. The number of amides is 2. The Bertz CT molecular complexity index is 1710. The standard InChI is InChI=1S/C34H43N5O6S/c1-21-10-8-11-22(2)31(21)28-15-29-36-33(35-28)37-46(42,43)27-13-9-12-25(14-27)32(41)39(26(20-44-29)16-34(5,6)7)19-30(40)38-17-23(3)45-24(4)18-38/h8-15,23-24,26H,16-20H2,1-7H3,(H,35,36,37)/t23-,24+,26-/m1/s1. The predicted octanol–water partition coefficient (Wildman–Crippen LogP) is 4.84. The molecule has 2 amide bonds. The maximum atomic E-state index is 14.3. The molecule has 0 spiro atoms. The van der Waals surface area contributed by atoms with Gasteiger partial charge in [-0.25, -0.2) is 18.1 Å². The molecule has 0 unspecified atom stereocenters. The number of ether oxygens (including phenoxy) is 2. The Morgan fingerprint density at radius 1 is 1.00 bits per heavy atom. The molecule has 0 aliphatic carbocycles. The van der Waals surface area contributed by atoms with Crippen molar-refractivity contribution >= 4 is 27.8 Å². The molecule has 1 fully saturated rings. The van der Waals surface area contributed by atoms with E-state index in [9.17, 15) is 18.0 Å². The van der Waals surface area contributed by atoms with Gasteiger partial charge in [0.1, 0.15) is 13.2 Å². The molecule has 246 valence electrons. The van der Waals surface area contributed by atoms with Crippen LogP contribution in [0.5, 0.6) is 5.88 Å². The van der Waals surface area contributed by atoms with Crippen molar-refractivity contribution in [3.8, 4) is 17.1 Å². The lowest BCUT2D eigenvalue weighted by molar-refractivity contribution is -0.144. The number of carbonyl (C=O) groups excluding carboxylic acids is 2. The number of fused-ring (bicyclic) bond motifs is 4. The molecule has 2 aliphatic heterocycles. The van der Waals surface area contributed by atoms with Crippen LogP contribution in [0.25, 0.3) is 11.3 Å². The van der Waals surface area contributed by atoms with Crippen LogP contribution in [0, 0.1) is 19.3 Å². The zero-order valence-electron chi connectivity index (χ0n) is 27.5. The monoisotopic (exact) mass is 649 g/mol. The van der Waals surface area contributed by atoms with Gasteiger partial charge in [-0.15, -0.1) is 0 Å². The summed E-state index contributed by atoms with van der Waals surface area (Å²) < 4.78 is 41.8. The van der Waals surface area contributed by atoms with Crippen LogP contribution in [0.4, 0.5) is 5.95 Å². The van der Waals surface area contributed by atoms with E-state index in [2.05, 4.69) is 35.5 Å². The number of aromatic nitrogens is 2. The molecule has 3 heterocycles. The van der Waals surface area contributed by atoms with E-state index < -0.39 is 22.0 Å². The highest BCUT2D eigenvalue weighted by atomic mass is 32.2. The van der Waals surface area contributed by atoms with Gasteiger partial charge in [-0.2, -0.15) is 4.98 Å². The van der Waals surface area contributed by atoms with Gasteiger partial charge in [-0.1, -0.05) is 45.0 Å². The Balaban J connectivity index is 1.63. The number of nitrogens with one attached hydrogen (secondary N) is 1. The molecule has 1 aromatic heterocycles. The average Bonchev–Trinajstić information content (AvgIpc) is 2.96.